The van der Waals surface area contributed by atoms with E-state index in [1.54, 1.807) is 37.4 Å². The predicted molar refractivity (Wildman–Crippen MR) is 67.2 cm³/mol. The van der Waals surface area contributed by atoms with Crippen molar-refractivity contribution in [2.24, 2.45) is 0 Å². The van der Waals surface area contributed by atoms with Crippen molar-refractivity contribution in [1.29, 1.82) is 0 Å². The number of aryl methyl sites for hydroxylation is 1. The van der Waals surface area contributed by atoms with Crippen LogP contribution in [0.25, 0.3) is 0 Å². The summed E-state index contributed by atoms with van der Waals surface area (Å²) in [7, 11) is 1.59. The maximum Gasteiger partial charge on any atom is 0.172 e. The lowest BCUT2D eigenvalue weighted by molar-refractivity contribution is 0.0980. The van der Waals surface area contributed by atoms with E-state index in [4.69, 9.17) is 20.9 Å². The maximum absolute atomic E-state index is 11.9. The number of methoxy groups -OCH3 is 1. The fourth-order valence-corrected chi connectivity index (χ4v) is 1.72. The van der Waals surface area contributed by atoms with Crippen molar-refractivity contribution in [2.45, 2.75) is 12.8 Å². The summed E-state index contributed by atoms with van der Waals surface area (Å²) in [4.78, 5) is 11.9. The quantitative estimate of drug-likeness (QED) is 0.779. The van der Waals surface area contributed by atoms with Gasteiger partial charge < -0.3 is 9.26 Å². The highest BCUT2D eigenvalue weighted by atomic mass is 35.5. The molecule has 2 aromatic rings. The highest BCUT2D eigenvalue weighted by molar-refractivity contribution is 6.29. The van der Waals surface area contributed by atoms with Crippen molar-refractivity contribution in [1.82, 2.24) is 5.16 Å². The molecule has 0 bridgehead atoms. The van der Waals surface area contributed by atoms with Gasteiger partial charge in [0.25, 0.3) is 0 Å². The average molecular weight is 266 g/mol. The summed E-state index contributed by atoms with van der Waals surface area (Å²) in [6, 6.07) is 8.63. The molecule has 0 spiro atoms. The summed E-state index contributed by atoms with van der Waals surface area (Å²) in [5.74, 6) is 1.39. The van der Waals surface area contributed by atoms with E-state index < -0.39 is 0 Å². The van der Waals surface area contributed by atoms with Gasteiger partial charge in [0, 0.05) is 24.5 Å². The number of ketones is 1. The molecule has 0 unspecified atom stereocenters. The van der Waals surface area contributed by atoms with Gasteiger partial charge in [-0.2, -0.15) is 0 Å². The highest BCUT2D eigenvalue weighted by Gasteiger charge is 2.09. The molecule has 5 heteroatoms. The topological polar surface area (TPSA) is 52.3 Å². The molecule has 0 aliphatic heterocycles. The number of carbonyl (C=O) groups excluding carboxylic acids is 1. The summed E-state index contributed by atoms with van der Waals surface area (Å²) in [5.41, 5.74) is 0.654. The molecule has 94 valence electrons. The number of hydrogen-bond donors (Lipinski definition) is 0. The Morgan fingerprint density at radius 2 is 2.11 bits per heavy atom. The zero-order chi connectivity index (χ0) is 13.0. The molecule has 4 nitrogen and oxygen atoms in total. The number of nitrogens with zero attached hydrogens (tertiary/aromatic N) is 1. The van der Waals surface area contributed by atoms with Gasteiger partial charge in [0.15, 0.2) is 10.9 Å². The van der Waals surface area contributed by atoms with Crippen molar-refractivity contribution in [3.8, 4) is 5.75 Å². The summed E-state index contributed by atoms with van der Waals surface area (Å²) in [6.45, 7) is 0. The van der Waals surface area contributed by atoms with Crippen LogP contribution in [0.5, 0.6) is 5.75 Å². The number of hydrogen-bond acceptors (Lipinski definition) is 4. The Bertz CT molecular complexity index is 533. The Balaban J connectivity index is 1.94. The van der Waals surface area contributed by atoms with E-state index in [0.29, 0.717) is 29.3 Å². The molecule has 1 aromatic heterocycles. The third-order valence-corrected chi connectivity index (χ3v) is 2.72. The van der Waals surface area contributed by atoms with E-state index in [1.165, 1.54) is 0 Å². The fourth-order valence-electron chi connectivity index (χ4n) is 1.56. The summed E-state index contributed by atoms with van der Waals surface area (Å²) < 4.78 is 9.96. The first-order chi connectivity index (χ1) is 8.69. The van der Waals surface area contributed by atoms with E-state index in [9.17, 15) is 4.79 Å². The van der Waals surface area contributed by atoms with Gasteiger partial charge in [-0.15, -0.1) is 0 Å². The normalized spacial score (nSPS) is 10.3. The summed E-state index contributed by atoms with van der Waals surface area (Å²) >= 11 is 5.62. The lowest BCUT2D eigenvalue weighted by Crippen LogP contribution is -2.00. The Kier molecular flexibility index (Phi) is 3.99. The third-order valence-electron chi connectivity index (χ3n) is 2.54. The first kappa shape index (κ1) is 12.6. The van der Waals surface area contributed by atoms with Crippen LogP contribution < -0.4 is 4.74 Å². The molecule has 0 aliphatic rings. The van der Waals surface area contributed by atoms with Crippen molar-refractivity contribution >= 4 is 17.4 Å². The van der Waals surface area contributed by atoms with E-state index in [1.807, 2.05) is 0 Å². The van der Waals surface area contributed by atoms with Crippen LogP contribution in [0.2, 0.25) is 5.15 Å². The smallest absolute Gasteiger partial charge is 0.172 e. The molecule has 1 aromatic carbocycles. The first-order valence-corrected chi connectivity index (χ1v) is 5.85. The van der Waals surface area contributed by atoms with Crippen LogP contribution in [-0.4, -0.2) is 18.0 Å². The van der Waals surface area contributed by atoms with Crippen molar-refractivity contribution in [3.05, 3.63) is 46.8 Å². The number of carbonyl (C=O) groups is 1. The van der Waals surface area contributed by atoms with Crippen LogP contribution >= 0.6 is 11.6 Å². The van der Waals surface area contributed by atoms with Gasteiger partial charge >= 0.3 is 0 Å². The molecule has 18 heavy (non-hydrogen) atoms. The second-order valence-corrected chi connectivity index (χ2v) is 4.15. The molecule has 0 N–H and O–H groups in total. The number of benzene rings is 1. The van der Waals surface area contributed by atoms with Gasteiger partial charge in [0.1, 0.15) is 11.5 Å². The van der Waals surface area contributed by atoms with E-state index in [2.05, 4.69) is 5.16 Å². The Labute approximate surface area is 109 Å². The molecular weight excluding hydrogens is 254 g/mol. The largest absolute Gasteiger partial charge is 0.497 e. The lowest BCUT2D eigenvalue weighted by atomic mass is 10.1. The van der Waals surface area contributed by atoms with Gasteiger partial charge in [0.05, 0.1) is 7.11 Å². The highest BCUT2D eigenvalue weighted by Crippen LogP contribution is 2.15. The molecule has 0 saturated carbocycles. The minimum absolute atomic E-state index is 0.0465. The number of rotatable bonds is 5. The fraction of sp³-hybridized carbons (Fsp3) is 0.231. The van der Waals surface area contributed by atoms with Crippen LogP contribution in [0.1, 0.15) is 22.5 Å². The monoisotopic (exact) mass is 265 g/mol. The predicted octanol–water partition coefficient (Wildman–Crippen LogP) is 3.15. The van der Waals surface area contributed by atoms with E-state index >= 15 is 0 Å². The minimum atomic E-state index is 0.0465. The molecule has 0 amide bonds. The molecule has 0 atom stereocenters. The Hall–Kier alpha value is -1.81. The van der Waals surface area contributed by atoms with Gasteiger partial charge in [0.2, 0.25) is 0 Å². The SMILES string of the molecule is COc1ccc(C(=O)CCc2cc(Cl)no2)cc1. The van der Waals surface area contributed by atoms with Gasteiger partial charge in [-0.3, -0.25) is 4.79 Å². The van der Waals surface area contributed by atoms with E-state index in [0.717, 1.165) is 5.75 Å². The molecule has 0 radical (unpaired) electrons. The molecular formula is C13H12ClNO3. The zero-order valence-corrected chi connectivity index (χ0v) is 10.6. The van der Waals surface area contributed by atoms with Crippen LogP contribution in [0.3, 0.4) is 0 Å². The summed E-state index contributed by atoms with van der Waals surface area (Å²) in [5, 5.41) is 3.86. The Morgan fingerprint density at radius 3 is 2.67 bits per heavy atom. The molecule has 0 saturated heterocycles. The van der Waals surface area contributed by atoms with Crippen molar-refractivity contribution in [3.63, 3.8) is 0 Å². The van der Waals surface area contributed by atoms with Crippen LogP contribution in [0.15, 0.2) is 34.9 Å². The van der Waals surface area contributed by atoms with Gasteiger partial charge in [-0.05, 0) is 24.3 Å². The minimum Gasteiger partial charge on any atom is -0.497 e. The number of halogens is 1. The zero-order valence-electron chi connectivity index (χ0n) is 9.85. The van der Waals surface area contributed by atoms with Gasteiger partial charge in [-0.25, -0.2) is 0 Å². The van der Waals surface area contributed by atoms with E-state index in [-0.39, 0.29) is 5.78 Å². The first-order valence-electron chi connectivity index (χ1n) is 5.47. The van der Waals surface area contributed by atoms with Crippen LogP contribution in [0.4, 0.5) is 0 Å². The van der Waals surface area contributed by atoms with Crippen LogP contribution in [0, 0.1) is 0 Å². The third kappa shape index (κ3) is 3.11. The number of aromatic nitrogens is 1. The second kappa shape index (κ2) is 5.69. The molecule has 0 fully saturated rings. The second-order valence-electron chi connectivity index (χ2n) is 3.77. The number of ether oxygens (including phenoxy) is 1. The maximum atomic E-state index is 11.9. The van der Waals surface area contributed by atoms with Crippen LogP contribution in [-0.2, 0) is 6.42 Å². The van der Waals surface area contributed by atoms with Crippen molar-refractivity contribution in [2.75, 3.05) is 7.11 Å². The molecule has 0 aliphatic carbocycles. The van der Waals surface area contributed by atoms with Crippen molar-refractivity contribution < 1.29 is 14.1 Å². The van der Waals surface area contributed by atoms with Gasteiger partial charge in [-0.1, -0.05) is 16.8 Å². The Morgan fingerprint density at radius 1 is 1.39 bits per heavy atom. The molecule has 2 rings (SSSR count). The lowest BCUT2D eigenvalue weighted by Gasteiger charge is -2.02. The summed E-state index contributed by atoms with van der Waals surface area (Å²) in [6.07, 6.45) is 0.850. The average Bonchev–Trinajstić information content (AvgIpc) is 2.82. The molecule has 1 heterocycles. The number of Topliss-reactive ketones (excluding diaryl/α,β-unsaturated/α-hetero) is 1. The standard InChI is InChI=1S/C13H12ClNO3/c1-17-10-4-2-9(3-5-10)12(16)7-6-11-8-13(14)15-18-11/h2-5,8H,6-7H2,1H3.